The summed E-state index contributed by atoms with van der Waals surface area (Å²) in [6, 6.07) is 3.71. The highest BCUT2D eigenvalue weighted by Gasteiger charge is 2.20. The number of pyridine rings is 1. The second-order valence-electron chi connectivity index (χ2n) is 3.07. The summed E-state index contributed by atoms with van der Waals surface area (Å²) in [5.74, 6) is -0.800. The van der Waals surface area contributed by atoms with Crippen LogP contribution in [0.5, 0.6) is 0 Å². The monoisotopic (exact) mass is 194 g/mol. The first-order valence-electron chi connectivity index (χ1n) is 4.39. The predicted octanol–water partition coefficient (Wildman–Crippen LogP) is 0.605. The van der Waals surface area contributed by atoms with Crippen molar-refractivity contribution < 1.29 is 9.53 Å². The molecule has 1 rings (SSSR count). The van der Waals surface area contributed by atoms with Crippen LogP contribution in [-0.4, -0.2) is 24.6 Å². The molecule has 0 aliphatic heterocycles. The molecule has 0 aliphatic carbocycles. The Bertz CT molecular complexity index is 326. The summed E-state index contributed by atoms with van der Waals surface area (Å²) in [5, 5.41) is 0. The summed E-state index contributed by atoms with van der Waals surface area (Å²) in [7, 11) is 1.35. The number of hydrogen-bond acceptors (Lipinski definition) is 4. The molecular weight excluding hydrogens is 180 g/mol. The van der Waals surface area contributed by atoms with Gasteiger partial charge in [0.05, 0.1) is 12.8 Å². The van der Waals surface area contributed by atoms with E-state index in [-0.39, 0.29) is 12.5 Å². The molecular formula is C10H14N2O2. The van der Waals surface area contributed by atoms with Gasteiger partial charge >= 0.3 is 5.97 Å². The Morgan fingerprint density at radius 2 is 2.43 bits per heavy atom. The highest BCUT2D eigenvalue weighted by molar-refractivity contribution is 5.77. The Morgan fingerprint density at radius 1 is 1.71 bits per heavy atom. The number of nitrogens with two attached hydrogens (primary N) is 1. The third-order valence-electron chi connectivity index (χ3n) is 2.02. The summed E-state index contributed by atoms with van der Waals surface area (Å²) in [4.78, 5) is 15.4. The number of ether oxygens (including phenoxy) is 1. The average molecular weight is 194 g/mol. The van der Waals surface area contributed by atoms with Crippen LogP contribution in [0, 0.1) is 6.92 Å². The minimum absolute atomic E-state index is 0.211. The molecule has 4 heteroatoms. The zero-order valence-corrected chi connectivity index (χ0v) is 8.36. The minimum atomic E-state index is -0.458. The number of hydrogen-bond donors (Lipinski definition) is 1. The lowest BCUT2D eigenvalue weighted by molar-refractivity contribution is -0.142. The Morgan fingerprint density at radius 3 is 2.93 bits per heavy atom. The van der Waals surface area contributed by atoms with Gasteiger partial charge in [-0.25, -0.2) is 0 Å². The molecule has 14 heavy (non-hydrogen) atoms. The van der Waals surface area contributed by atoms with Crippen molar-refractivity contribution in [1.29, 1.82) is 0 Å². The number of aryl methyl sites for hydroxylation is 1. The lowest BCUT2D eigenvalue weighted by atomic mass is 10.0. The van der Waals surface area contributed by atoms with Crippen LogP contribution in [-0.2, 0) is 9.53 Å². The van der Waals surface area contributed by atoms with Gasteiger partial charge in [-0.3, -0.25) is 9.78 Å². The number of carbonyl (C=O) groups is 1. The van der Waals surface area contributed by atoms with Crippen molar-refractivity contribution >= 4 is 5.97 Å². The Labute approximate surface area is 83.1 Å². The van der Waals surface area contributed by atoms with E-state index in [0.717, 1.165) is 5.56 Å². The van der Waals surface area contributed by atoms with Crippen molar-refractivity contribution in [2.75, 3.05) is 13.7 Å². The number of rotatable bonds is 3. The molecule has 0 fully saturated rings. The van der Waals surface area contributed by atoms with Crippen LogP contribution in [0.4, 0.5) is 0 Å². The fourth-order valence-electron chi connectivity index (χ4n) is 1.23. The molecule has 1 aromatic rings. The van der Waals surface area contributed by atoms with Gasteiger partial charge in [-0.1, -0.05) is 0 Å². The van der Waals surface area contributed by atoms with Crippen LogP contribution in [0.25, 0.3) is 0 Å². The molecule has 1 atom stereocenters. The molecule has 0 bridgehead atoms. The van der Waals surface area contributed by atoms with Crippen molar-refractivity contribution in [3.05, 3.63) is 29.6 Å². The van der Waals surface area contributed by atoms with Crippen LogP contribution >= 0.6 is 0 Å². The summed E-state index contributed by atoms with van der Waals surface area (Å²) in [5.41, 5.74) is 7.21. The van der Waals surface area contributed by atoms with E-state index in [9.17, 15) is 4.79 Å². The van der Waals surface area contributed by atoms with Gasteiger partial charge in [-0.2, -0.15) is 0 Å². The molecule has 0 saturated heterocycles. The molecule has 1 aromatic heterocycles. The fraction of sp³-hybridized carbons (Fsp3) is 0.400. The smallest absolute Gasteiger partial charge is 0.316 e. The van der Waals surface area contributed by atoms with Crippen molar-refractivity contribution in [3.8, 4) is 0 Å². The number of esters is 1. The van der Waals surface area contributed by atoms with E-state index >= 15 is 0 Å². The van der Waals surface area contributed by atoms with Crippen molar-refractivity contribution in [2.24, 2.45) is 5.73 Å². The van der Waals surface area contributed by atoms with Crippen LogP contribution < -0.4 is 5.73 Å². The maximum atomic E-state index is 11.3. The van der Waals surface area contributed by atoms with Gasteiger partial charge in [0.1, 0.15) is 5.92 Å². The van der Waals surface area contributed by atoms with Crippen molar-refractivity contribution in [2.45, 2.75) is 12.8 Å². The standard InChI is InChI=1S/C10H14N2O2/c1-7-3-4-12-9(5-7)8(6-11)10(13)14-2/h3-5,8H,6,11H2,1-2H3. The first-order valence-corrected chi connectivity index (χ1v) is 4.39. The predicted molar refractivity (Wildman–Crippen MR) is 52.8 cm³/mol. The third kappa shape index (κ3) is 2.29. The molecule has 1 heterocycles. The lowest BCUT2D eigenvalue weighted by Crippen LogP contribution is -2.23. The van der Waals surface area contributed by atoms with Crippen molar-refractivity contribution in [1.82, 2.24) is 4.98 Å². The largest absolute Gasteiger partial charge is 0.468 e. The van der Waals surface area contributed by atoms with E-state index < -0.39 is 5.92 Å². The molecule has 2 N–H and O–H groups in total. The van der Waals surface area contributed by atoms with Crippen LogP contribution in [0.2, 0.25) is 0 Å². The maximum absolute atomic E-state index is 11.3. The van der Waals surface area contributed by atoms with Gasteiger partial charge in [-0.15, -0.1) is 0 Å². The van der Waals surface area contributed by atoms with Gasteiger partial charge < -0.3 is 10.5 Å². The quantitative estimate of drug-likeness (QED) is 0.716. The van der Waals surface area contributed by atoms with Gasteiger partial charge in [-0.05, 0) is 24.6 Å². The summed E-state index contributed by atoms with van der Waals surface area (Å²) < 4.78 is 4.64. The first-order chi connectivity index (χ1) is 6.69. The van der Waals surface area contributed by atoms with E-state index in [0.29, 0.717) is 5.69 Å². The molecule has 0 aliphatic rings. The van der Waals surface area contributed by atoms with Crippen LogP contribution in [0.3, 0.4) is 0 Å². The molecule has 1 unspecified atom stereocenters. The fourth-order valence-corrected chi connectivity index (χ4v) is 1.23. The van der Waals surface area contributed by atoms with Gasteiger partial charge in [0, 0.05) is 12.7 Å². The van der Waals surface area contributed by atoms with Gasteiger partial charge in [0.25, 0.3) is 0 Å². The highest BCUT2D eigenvalue weighted by atomic mass is 16.5. The molecule has 76 valence electrons. The second-order valence-corrected chi connectivity index (χ2v) is 3.07. The second kappa shape index (κ2) is 4.72. The normalized spacial score (nSPS) is 12.2. The Hall–Kier alpha value is -1.42. The highest BCUT2D eigenvalue weighted by Crippen LogP contribution is 2.14. The minimum Gasteiger partial charge on any atom is -0.468 e. The Balaban J connectivity index is 2.94. The number of nitrogens with zero attached hydrogens (tertiary/aromatic N) is 1. The summed E-state index contributed by atoms with van der Waals surface area (Å²) in [6.07, 6.45) is 1.66. The molecule has 0 spiro atoms. The van der Waals surface area contributed by atoms with E-state index in [1.165, 1.54) is 7.11 Å². The molecule has 0 aromatic carbocycles. The van der Waals surface area contributed by atoms with E-state index in [1.54, 1.807) is 6.20 Å². The van der Waals surface area contributed by atoms with Crippen LogP contribution in [0.15, 0.2) is 18.3 Å². The zero-order chi connectivity index (χ0) is 10.6. The zero-order valence-electron chi connectivity index (χ0n) is 8.36. The van der Waals surface area contributed by atoms with E-state index in [1.807, 2.05) is 19.1 Å². The average Bonchev–Trinajstić information content (AvgIpc) is 2.19. The maximum Gasteiger partial charge on any atom is 0.316 e. The summed E-state index contributed by atoms with van der Waals surface area (Å²) in [6.45, 7) is 2.15. The SMILES string of the molecule is COC(=O)C(CN)c1cc(C)ccn1. The molecule has 0 saturated carbocycles. The van der Waals surface area contributed by atoms with E-state index in [4.69, 9.17) is 5.73 Å². The Kier molecular flexibility index (Phi) is 3.59. The number of carbonyl (C=O) groups excluding carboxylic acids is 1. The molecule has 0 radical (unpaired) electrons. The molecule has 4 nitrogen and oxygen atoms in total. The van der Waals surface area contributed by atoms with E-state index in [2.05, 4.69) is 9.72 Å². The summed E-state index contributed by atoms with van der Waals surface area (Å²) >= 11 is 0. The van der Waals surface area contributed by atoms with Crippen molar-refractivity contribution in [3.63, 3.8) is 0 Å². The lowest BCUT2D eigenvalue weighted by Gasteiger charge is -2.11. The number of methoxy groups -OCH3 is 1. The first kappa shape index (κ1) is 10.7. The number of aromatic nitrogens is 1. The molecule has 0 amide bonds. The third-order valence-corrected chi connectivity index (χ3v) is 2.02. The van der Waals surface area contributed by atoms with Gasteiger partial charge in [0.2, 0.25) is 0 Å². The van der Waals surface area contributed by atoms with Gasteiger partial charge in [0.15, 0.2) is 0 Å². The topological polar surface area (TPSA) is 65.2 Å². The van der Waals surface area contributed by atoms with Crippen LogP contribution in [0.1, 0.15) is 17.2 Å².